The lowest BCUT2D eigenvalue weighted by atomic mass is 10.0. The van der Waals surface area contributed by atoms with E-state index in [9.17, 15) is 4.79 Å². The van der Waals surface area contributed by atoms with Crippen molar-refractivity contribution >= 4 is 12.1 Å². The molecule has 0 aliphatic carbocycles. The van der Waals surface area contributed by atoms with E-state index in [2.05, 4.69) is 29.4 Å². The zero-order valence-corrected chi connectivity index (χ0v) is 11.6. The topological polar surface area (TPSA) is 54.4 Å². The van der Waals surface area contributed by atoms with Gasteiger partial charge in [0.1, 0.15) is 0 Å². The summed E-state index contributed by atoms with van der Waals surface area (Å²) in [5.74, 6) is 0.233. The number of rotatable bonds is 4. The van der Waals surface area contributed by atoms with E-state index in [1.165, 1.54) is 5.56 Å². The minimum atomic E-state index is -0.222. The number of nitrogens with zero attached hydrogens (tertiary/aromatic N) is 2. The molecule has 4 heteroatoms. The predicted molar refractivity (Wildman–Crippen MR) is 79.8 cm³/mol. The first-order valence-corrected chi connectivity index (χ1v) is 6.50. The normalized spacial score (nSPS) is 10.9. The Morgan fingerprint density at radius 1 is 1.25 bits per heavy atom. The second-order valence-corrected chi connectivity index (χ2v) is 4.76. The van der Waals surface area contributed by atoms with Crippen LogP contribution < -0.4 is 5.43 Å². The number of hydrazone groups is 1. The predicted octanol–water partition coefficient (Wildman–Crippen LogP) is 2.97. The molecule has 0 aliphatic rings. The SMILES string of the molecule is CC(C)c1ccc(C(=O)N/N=C/c2cccnc2)cc1. The Morgan fingerprint density at radius 2 is 2.00 bits per heavy atom. The Bertz CT molecular complexity index is 589. The van der Waals surface area contributed by atoms with Crippen molar-refractivity contribution in [2.24, 2.45) is 5.10 Å². The highest BCUT2D eigenvalue weighted by atomic mass is 16.2. The van der Waals surface area contributed by atoms with E-state index in [4.69, 9.17) is 0 Å². The largest absolute Gasteiger partial charge is 0.271 e. The van der Waals surface area contributed by atoms with Crippen LogP contribution in [0.5, 0.6) is 0 Å². The second kappa shape index (κ2) is 6.61. The zero-order valence-electron chi connectivity index (χ0n) is 11.6. The maximum atomic E-state index is 11.9. The number of carbonyl (C=O) groups is 1. The van der Waals surface area contributed by atoms with E-state index in [0.717, 1.165) is 5.56 Å². The van der Waals surface area contributed by atoms with E-state index < -0.39 is 0 Å². The summed E-state index contributed by atoms with van der Waals surface area (Å²) in [6.07, 6.45) is 4.92. The Kier molecular flexibility index (Phi) is 4.60. The molecular weight excluding hydrogens is 250 g/mol. The molecule has 1 amide bonds. The molecule has 1 aromatic heterocycles. The zero-order chi connectivity index (χ0) is 14.4. The summed E-state index contributed by atoms with van der Waals surface area (Å²) in [5, 5.41) is 3.91. The molecular formula is C16H17N3O. The number of pyridine rings is 1. The van der Waals surface area contributed by atoms with Crippen LogP contribution in [0.25, 0.3) is 0 Å². The van der Waals surface area contributed by atoms with Gasteiger partial charge in [-0.25, -0.2) is 5.43 Å². The molecule has 1 N–H and O–H groups in total. The standard InChI is InChI=1S/C16H17N3O/c1-12(2)14-5-7-15(8-6-14)16(20)19-18-11-13-4-3-9-17-10-13/h3-12H,1-2H3,(H,19,20)/b18-11+. The second-order valence-electron chi connectivity index (χ2n) is 4.76. The molecule has 0 radical (unpaired) electrons. The van der Waals surface area contributed by atoms with Crippen LogP contribution in [0.3, 0.4) is 0 Å². The molecule has 0 saturated heterocycles. The van der Waals surface area contributed by atoms with Crippen molar-refractivity contribution in [2.45, 2.75) is 19.8 Å². The lowest BCUT2D eigenvalue weighted by molar-refractivity contribution is 0.0955. The van der Waals surface area contributed by atoms with E-state index in [0.29, 0.717) is 11.5 Å². The highest BCUT2D eigenvalue weighted by Crippen LogP contribution is 2.14. The number of nitrogens with one attached hydrogen (secondary N) is 1. The Morgan fingerprint density at radius 3 is 2.60 bits per heavy atom. The molecule has 0 atom stereocenters. The van der Waals surface area contributed by atoms with Crippen LogP contribution in [-0.4, -0.2) is 17.1 Å². The molecule has 0 fully saturated rings. The third-order valence-electron chi connectivity index (χ3n) is 2.90. The molecule has 20 heavy (non-hydrogen) atoms. The van der Waals surface area contributed by atoms with Gasteiger partial charge in [0, 0.05) is 23.5 Å². The van der Waals surface area contributed by atoms with Gasteiger partial charge in [0.25, 0.3) is 5.91 Å². The van der Waals surface area contributed by atoms with Crippen LogP contribution >= 0.6 is 0 Å². The molecule has 2 aromatic rings. The number of amides is 1. The fourth-order valence-corrected chi connectivity index (χ4v) is 1.70. The summed E-state index contributed by atoms with van der Waals surface area (Å²) >= 11 is 0. The van der Waals surface area contributed by atoms with Gasteiger partial charge in [0.2, 0.25) is 0 Å². The monoisotopic (exact) mass is 267 g/mol. The van der Waals surface area contributed by atoms with Crippen molar-refractivity contribution in [1.82, 2.24) is 10.4 Å². The van der Waals surface area contributed by atoms with E-state index >= 15 is 0 Å². The molecule has 0 bridgehead atoms. The first kappa shape index (κ1) is 13.9. The number of benzene rings is 1. The first-order chi connectivity index (χ1) is 9.66. The van der Waals surface area contributed by atoms with Gasteiger partial charge in [-0.2, -0.15) is 5.10 Å². The summed E-state index contributed by atoms with van der Waals surface area (Å²) in [5.41, 5.74) is 5.14. The van der Waals surface area contributed by atoms with Gasteiger partial charge in [-0.3, -0.25) is 9.78 Å². The molecule has 0 spiro atoms. The van der Waals surface area contributed by atoms with E-state index in [1.54, 1.807) is 18.6 Å². The number of aromatic nitrogens is 1. The highest BCUT2D eigenvalue weighted by Gasteiger charge is 2.05. The third-order valence-corrected chi connectivity index (χ3v) is 2.90. The average Bonchev–Trinajstić information content (AvgIpc) is 2.48. The highest BCUT2D eigenvalue weighted by molar-refractivity contribution is 5.94. The molecule has 1 heterocycles. The molecule has 0 unspecified atom stereocenters. The van der Waals surface area contributed by atoms with Gasteiger partial charge >= 0.3 is 0 Å². The van der Waals surface area contributed by atoms with Gasteiger partial charge in [0.05, 0.1) is 6.21 Å². The van der Waals surface area contributed by atoms with Crippen molar-refractivity contribution in [3.63, 3.8) is 0 Å². The van der Waals surface area contributed by atoms with Crippen LogP contribution in [0.15, 0.2) is 53.9 Å². The van der Waals surface area contributed by atoms with Gasteiger partial charge in [-0.05, 0) is 29.7 Å². The fraction of sp³-hybridized carbons (Fsp3) is 0.188. The van der Waals surface area contributed by atoms with Crippen molar-refractivity contribution in [3.05, 3.63) is 65.5 Å². The van der Waals surface area contributed by atoms with Gasteiger partial charge in [0.15, 0.2) is 0 Å². The molecule has 102 valence electrons. The van der Waals surface area contributed by atoms with Gasteiger partial charge in [-0.1, -0.05) is 32.0 Å². The Balaban J connectivity index is 1.96. The van der Waals surface area contributed by atoms with Crippen LogP contribution in [0.4, 0.5) is 0 Å². The van der Waals surface area contributed by atoms with Crippen molar-refractivity contribution in [2.75, 3.05) is 0 Å². The van der Waals surface area contributed by atoms with Crippen LogP contribution in [0, 0.1) is 0 Å². The van der Waals surface area contributed by atoms with Crippen LogP contribution in [0.2, 0.25) is 0 Å². The van der Waals surface area contributed by atoms with Crippen molar-refractivity contribution in [1.29, 1.82) is 0 Å². The molecule has 2 rings (SSSR count). The first-order valence-electron chi connectivity index (χ1n) is 6.50. The number of carbonyl (C=O) groups excluding carboxylic acids is 1. The fourth-order valence-electron chi connectivity index (χ4n) is 1.70. The van der Waals surface area contributed by atoms with Gasteiger partial charge in [-0.15, -0.1) is 0 Å². The summed E-state index contributed by atoms with van der Waals surface area (Å²) in [4.78, 5) is 15.8. The molecule has 0 aliphatic heterocycles. The summed E-state index contributed by atoms with van der Waals surface area (Å²) < 4.78 is 0. The smallest absolute Gasteiger partial charge is 0.267 e. The van der Waals surface area contributed by atoms with Crippen molar-refractivity contribution < 1.29 is 4.79 Å². The summed E-state index contributed by atoms with van der Waals surface area (Å²) in [6.45, 7) is 4.24. The minimum Gasteiger partial charge on any atom is -0.267 e. The van der Waals surface area contributed by atoms with Crippen LogP contribution in [-0.2, 0) is 0 Å². The molecule has 4 nitrogen and oxygen atoms in total. The maximum absolute atomic E-state index is 11.9. The van der Waals surface area contributed by atoms with Crippen molar-refractivity contribution in [3.8, 4) is 0 Å². The summed E-state index contributed by atoms with van der Waals surface area (Å²) in [6, 6.07) is 11.2. The molecule has 0 saturated carbocycles. The third kappa shape index (κ3) is 3.75. The van der Waals surface area contributed by atoms with E-state index in [1.807, 2.05) is 36.4 Å². The summed E-state index contributed by atoms with van der Waals surface area (Å²) in [7, 11) is 0. The average molecular weight is 267 g/mol. The Labute approximate surface area is 118 Å². The quantitative estimate of drug-likeness (QED) is 0.684. The van der Waals surface area contributed by atoms with Gasteiger partial charge < -0.3 is 0 Å². The van der Waals surface area contributed by atoms with Crippen LogP contribution in [0.1, 0.15) is 41.3 Å². The maximum Gasteiger partial charge on any atom is 0.271 e. The minimum absolute atomic E-state index is 0.222. The Hall–Kier alpha value is -2.49. The van der Waals surface area contributed by atoms with E-state index in [-0.39, 0.29) is 5.91 Å². The number of hydrogen-bond donors (Lipinski definition) is 1. The lowest BCUT2D eigenvalue weighted by Gasteiger charge is -2.05. The molecule has 1 aromatic carbocycles. The lowest BCUT2D eigenvalue weighted by Crippen LogP contribution is -2.17. The number of hydrogen-bond acceptors (Lipinski definition) is 3.